The molecule has 2 heterocycles. The number of nitrogens with zero attached hydrogens (tertiary/aromatic N) is 3. The maximum Gasteiger partial charge on any atom is 0.205 e. The van der Waals surface area contributed by atoms with Crippen molar-refractivity contribution in [1.82, 2.24) is 19.7 Å². The van der Waals surface area contributed by atoms with Crippen molar-refractivity contribution in [2.24, 2.45) is 0 Å². The molecule has 0 aliphatic carbocycles. The van der Waals surface area contributed by atoms with Crippen molar-refractivity contribution in [2.75, 3.05) is 11.9 Å². The van der Waals surface area contributed by atoms with E-state index in [1.807, 2.05) is 42.2 Å². The van der Waals surface area contributed by atoms with E-state index in [9.17, 15) is 0 Å². The predicted octanol–water partition coefficient (Wildman–Crippen LogP) is 4.85. The van der Waals surface area contributed by atoms with Crippen molar-refractivity contribution in [3.63, 3.8) is 0 Å². The molecular formula is C22H23N5O. The van der Waals surface area contributed by atoms with Crippen molar-refractivity contribution in [3.05, 3.63) is 78.2 Å². The van der Waals surface area contributed by atoms with Gasteiger partial charge in [-0.3, -0.25) is 0 Å². The molecule has 0 bridgehead atoms. The summed E-state index contributed by atoms with van der Waals surface area (Å²) in [7, 11) is 0. The van der Waals surface area contributed by atoms with Crippen LogP contribution in [0.1, 0.15) is 18.1 Å². The van der Waals surface area contributed by atoms with E-state index in [1.54, 1.807) is 6.20 Å². The summed E-state index contributed by atoms with van der Waals surface area (Å²) >= 11 is 0. The van der Waals surface area contributed by atoms with Gasteiger partial charge in [-0.05, 0) is 54.8 Å². The molecule has 0 saturated heterocycles. The summed E-state index contributed by atoms with van der Waals surface area (Å²) in [5.41, 5.74) is 6.36. The van der Waals surface area contributed by atoms with Crippen LogP contribution in [-0.2, 0) is 11.3 Å². The van der Waals surface area contributed by atoms with Gasteiger partial charge in [-0.2, -0.15) is 5.10 Å². The van der Waals surface area contributed by atoms with E-state index in [2.05, 4.69) is 57.6 Å². The number of imidazole rings is 1. The van der Waals surface area contributed by atoms with Crippen LogP contribution in [0.25, 0.3) is 16.9 Å². The molecule has 0 unspecified atom stereocenters. The first-order chi connectivity index (χ1) is 13.7. The van der Waals surface area contributed by atoms with Crippen LogP contribution in [0.5, 0.6) is 0 Å². The molecule has 0 radical (unpaired) electrons. The lowest BCUT2D eigenvalue weighted by Gasteiger charge is -2.10. The number of anilines is 2. The van der Waals surface area contributed by atoms with Crippen LogP contribution in [0.15, 0.2) is 67.1 Å². The van der Waals surface area contributed by atoms with Crippen molar-refractivity contribution in [2.45, 2.75) is 20.5 Å². The smallest absolute Gasteiger partial charge is 0.205 e. The summed E-state index contributed by atoms with van der Waals surface area (Å²) in [6.45, 7) is 5.39. The second-order valence-electron chi connectivity index (χ2n) is 6.55. The van der Waals surface area contributed by atoms with E-state index in [1.165, 1.54) is 0 Å². The highest BCUT2D eigenvalue weighted by Gasteiger charge is 2.07. The Balaban J connectivity index is 1.50. The van der Waals surface area contributed by atoms with Gasteiger partial charge in [0.25, 0.3) is 0 Å². The highest BCUT2D eigenvalue weighted by atomic mass is 16.5. The number of rotatable bonds is 7. The number of H-pyrrole nitrogens is 1. The van der Waals surface area contributed by atoms with Gasteiger partial charge in [0.2, 0.25) is 5.95 Å². The quantitative estimate of drug-likeness (QED) is 0.486. The lowest BCUT2D eigenvalue weighted by molar-refractivity contribution is 0.134. The molecule has 4 rings (SSSR count). The molecule has 2 aromatic heterocycles. The van der Waals surface area contributed by atoms with Gasteiger partial charge in [0.15, 0.2) is 0 Å². The fourth-order valence-corrected chi connectivity index (χ4v) is 2.99. The molecule has 0 saturated carbocycles. The molecule has 2 N–H and O–H groups in total. The number of ether oxygens (including phenoxy) is 1. The van der Waals surface area contributed by atoms with Gasteiger partial charge in [-0.25, -0.2) is 9.67 Å². The number of nitrogens with one attached hydrogen (secondary N) is 2. The van der Waals surface area contributed by atoms with Crippen molar-refractivity contribution < 1.29 is 4.74 Å². The summed E-state index contributed by atoms with van der Waals surface area (Å²) in [6.07, 6.45) is 5.53. The fraction of sp³-hybridized carbons (Fsp3) is 0.182. The summed E-state index contributed by atoms with van der Waals surface area (Å²) < 4.78 is 7.34. The van der Waals surface area contributed by atoms with Crippen LogP contribution >= 0.6 is 0 Å². The van der Waals surface area contributed by atoms with Gasteiger partial charge >= 0.3 is 0 Å². The van der Waals surface area contributed by atoms with E-state index >= 15 is 0 Å². The largest absolute Gasteiger partial charge is 0.377 e. The highest BCUT2D eigenvalue weighted by Crippen LogP contribution is 2.24. The molecule has 0 fully saturated rings. The van der Waals surface area contributed by atoms with Crippen LogP contribution in [0.2, 0.25) is 0 Å². The first-order valence-corrected chi connectivity index (χ1v) is 9.32. The first-order valence-electron chi connectivity index (χ1n) is 9.32. The van der Waals surface area contributed by atoms with Crippen LogP contribution < -0.4 is 5.32 Å². The molecule has 0 aliphatic heterocycles. The van der Waals surface area contributed by atoms with E-state index in [0.29, 0.717) is 19.2 Å². The summed E-state index contributed by atoms with van der Waals surface area (Å²) in [5.74, 6) is 0.711. The zero-order valence-electron chi connectivity index (χ0n) is 16.0. The van der Waals surface area contributed by atoms with Gasteiger partial charge < -0.3 is 15.0 Å². The first kappa shape index (κ1) is 18.0. The number of aromatic nitrogens is 4. The molecule has 28 heavy (non-hydrogen) atoms. The van der Waals surface area contributed by atoms with Crippen LogP contribution in [0, 0.1) is 6.92 Å². The third-order valence-electron chi connectivity index (χ3n) is 4.55. The molecule has 6 nitrogen and oxygen atoms in total. The SMILES string of the molecule is CCOCc1ccc(C)c(Nc2ncc(-c3ccc(-n4cccn4)cc3)[nH]2)c1. The predicted molar refractivity (Wildman–Crippen MR) is 111 cm³/mol. The monoisotopic (exact) mass is 373 g/mol. The fourth-order valence-electron chi connectivity index (χ4n) is 2.99. The summed E-state index contributed by atoms with van der Waals surface area (Å²) in [6, 6.07) is 16.4. The van der Waals surface area contributed by atoms with Gasteiger partial charge in [-0.15, -0.1) is 0 Å². The third kappa shape index (κ3) is 3.97. The Labute approximate surface area is 164 Å². The highest BCUT2D eigenvalue weighted by molar-refractivity contribution is 5.65. The minimum Gasteiger partial charge on any atom is -0.377 e. The van der Waals surface area contributed by atoms with E-state index in [0.717, 1.165) is 33.8 Å². The van der Waals surface area contributed by atoms with Gasteiger partial charge in [0, 0.05) is 24.7 Å². The number of hydrogen-bond donors (Lipinski definition) is 2. The van der Waals surface area contributed by atoms with Gasteiger partial charge in [0.05, 0.1) is 24.2 Å². The minimum absolute atomic E-state index is 0.609. The molecule has 2 aromatic carbocycles. The zero-order valence-corrected chi connectivity index (χ0v) is 16.0. The number of aromatic amines is 1. The Bertz CT molecular complexity index is 1040. The van der Waals surface area contributed by atoms with E-state index in [4.69, 9.17) is 4.74 Å². The van der Waals surface area contributed by atoms with Crippen molar-refractivity contribution in [3.8, 4) is 16.9 Å². The number of aryl methyl sites for hydroxylation is 1. The Hall–Kier alpha value is -3.38. The normalized spacial score (nSPS) is 10.9. The summed E-state index contributed by atoms with van der Waals surface area (Å²) in [4.78, 5) is 7.82. The Morgan fingerprint density at radius 3 is 2.75 bits per heavy atom. The Morgan fingerprint density at radius 2 is 2.00 bits per heavy atom. The molecule has 6 heteroatoms. The second kappa shape index (κ2) is 8.10. The molecule has 0 atom stereocenters. The molecule has 4 aromatic rings. The van der Waals surface area contributed by atoms with Crippen molar-refractivity contribution >= 4 is 11.6 Å². The van der Waals surface area contributed by atoms with Gasteiger partial charge in [0.1, 0.15) is 0 Å². The van der Waals surface area contributed by atoms with Gasteiger partial charge in [-0.1, -0.05) is 24.3 Å². The molecule has 0 spiro atoms. The standard InChI is InChI=1S/C22H23N5O/c1-3-28-15-17-6-5-16(2)20(13-17)25-22-23-14-21(26-22)18-7-9-19(10-8-18)27-12-4-11-24-27/h4-14H,3,15H2,1-2H3,(H2,23,25,26). The number of benzene rings is 2. The van der Waals surface area contributed by atoms with Crippen LogP contribution in [0.3, 0.4) is 0 Å². The lowest BCUT2D eigenvalue weighted by atomic mass is 10.1. The maximum absolute atomic E-state index is 5.51. The Kier molecular flexibility index (Phi) is 5.21. The molecule has 0 aliphatic rings. The van der Waals surface area contributed by atoms with E-state index < -0.39 is 0 Å². The average molecular weight is 373 g/mol. The second-order valence-corrected chi connectivity index (χ2v) is 6.55. The Morgan fingerprint density at radius 1 is 1.14 bits per heavy atom. The van der Waals surface area contributed by atoms with Crippen molar-refractivity contribution in [1.29, 1.82) is 0 Å². The topological polar surface area (TPSA) is 67.8 Å². The lowest BCUT2D eigenvalue weighted by Crippen LogP contribution is -1.98. The minimum atomic E-state index is 0.609. The molecule has 142 valence electrons. The molecule has 0 amide bonds. The van der Waals surface area contributed by atoms with E-state index in [-0.39, 0.29) is 0 Å². The average Bonchev–Trinajstić information content (AvgIpc) is 3.41. The van der Waals surface area contributed by atoms with Crippen LogP contribution in [0.4, 0.5) is 11.6 Å². The summed E-state index contributed by atoms with van der Waals surface area (Å²) in [5, 5.41) is 7.63. The third-order valence-corrected chi connectivity index (χ3v) is 4.55. The maximum atomic E-state index is 5.51. The zero-order chi connectivity index (χ0) is 19.3. The molecular weight excluding hydrogens is 350 g/mol. The number of hydrogen-bond acceptors (Lipinski definition) is 4. The van der Waals surface area contributed by atoms with Crippen LogP contribution in [-0.4, -0.2) is 26.4 Å².